The summed E-state index contributed by atoms with van der Waals surface area (Å²) in [6.07, 6.45) is 1.69. The molecule has 2 aromatic carbocycles. The van der Waals surface area contributed by atoms with E-state index in [9.17, 15) is 9.90 Å². The SMILES string of the molecule is Bc1ccc(Nc2ccc(-c3cccc(OCC)c3)nc2)c(C(=O)O)c1. The molecule has 0 bridgehead atoms. The third kappa shape index (κ3) is 4.03. The summed E-state index contributed by atoms with van der Waals surface area (Å²) in [6, 6.07) is 16.8. The van der Waals surface area contributed by atoms with Gasteiger partial charge in [-0.2, -0.15) is 0 Å². The first-order valence-corrected chi connectivity index (χ1v) is 8.37. The molecule has 3 rings (SSSR count). The highest BCUT2D eigenvalue weighted by molar-refractivity contribution is 6.32. The first kappa shape index (κ1) is 17.5. The second-order valence-corrected chi connectivity index (χ2v) is 5.87. The Bertz CT molecular complexity index is 927. The summed E-state index contributed by atoms with van der Waals surface area (Å²) in [4.78, 5) is 15.9. The van der Waals surface area contributed by atoms with Crippen LogP contribution >= 0.6 is 0 Å². The Labute approximate surface area is 153 Å². The molecule has 5 nitrogen and oxygen atoms in total. The van der Waals surface area contributed by atoms with Crippen LogP contribution < -0.4 is 15.5 Å². The fourth-order valence-electron chi connectivity index (χ4n) is 2.65. The Hall–Kier alpha value is -3.28. The molecule has 0 spiro atoms. The van der Waals surface area contributed by atoms with E-state index in [1.807, 2.05) is 57.2 Å². The molecule has 1 aromatic heterocycles. The van der Waals surface area contributed by atoms with Gasteiger partial charge in [-0.05, 0) is 37.3 Å². The molecule has 0 aliphatic carbocycles. The minimum absolute atomic E-state index is 0.235. The van der Waals surface area contributed by atoms with Gasteiger partial charge in [-0.15, -0.1) is 0 Å². The number of carboxylic acid groups (broad SMARTS) is 1. The fraction of sp³-hybridized carbons (Fsp3) is 0.100. The van der Waals surface area contributed by atoms with Gasteiger partial charge in [-0.1, -0.05) is 29.7 Å². The van der Waals surface area contributed by atoms with Crippen LogP contribution in [-0.2, 0) is 0 Å². The Morgan fingerprint density at radius 1 is 1.19 bits per heavy atom. The van der Waals surface area contributed by atoms with E-state index >= 15 is 0 Å². The lowest BCUT2D eigenvalue weighted by molar-refractivity contribution is 0.0698. The Morgan fingerprint density at radius 3 is 2.73 bits per heavy atom. The van der Waals surface area contributed by atoms with E-state index < -0.39 is 5.97 Å². The predicted octanol–water partition coefficient (Wildman–Crippen LogP) is 2.85. The van der Waals surface area contributed by atoms with E-state index in [4.69, 9.17) is 4.74 Å². The summed E-state index contributed by atoms with van der Waals surface area (Å²) in [7, 11) is 1.86. The van der Waals surface area contributed by atoms with E-state index in [2.05, 4.69) is 10.3 Å². The molecule has 26 heavy (non-hydrogen) atoms. The zero-order valence-electron chi connectivity index (χ0n) is 14.7. The van der Waals surface area contributed by atoms with Crippen LogP contribution in [0.25, 0.3) is 11.3 Å². The number of aromatic carboxylic acids is 1. The van der Waals surface area contributed by atoms with Gasteiger partial charge in [0.25, 0.3) is 0 Å². The number of anilines is 2. The average Bonchev–Trinajstić information content (AvgIpc) is 2.64. The Kier molecular flexibility index (Phi) is 5.22. The van der Waals surface area contributed by atoms with Gasteiger partial charge < -0.3 is 15.2 Å². The van der Waals surface area contributed by atoms with Crippen LogP contribution in [0.15, 0.2) is 60.8 Å². The van der Waals surface area contributed by atoms with Gasteiger partial charge in [-0.25, -0.2) is 4.79 Å². The lowest BCUT2D eigenvalue weighted by atomic mass is 9.93. The molecule has 130 valence electrons. The minimum atomic E-state index is -0.964. The van der Waals surface area contributed by atoms with E-state index in [-0.39, 0.29) is 5.56 Å². The molecule has 3 aromatic rings. The Morgan fingerprint density at radius 2 is 2.04 bits per heavy atom. The molecule has 0 saturated carbocycles. The molecule has 1 heterocycles. The smallest absolute Gasteiger partial charge is 0.337 e. The number of aromatic nitrogens is 1. The zero-order chi connectivity index (χ0) is 18.5. The lowest BCUT2D eigenvalue weighted by Crippen LogP contribution is -2.10. The number of carboxylic acids is 1. The quantitative estimate of drug-likeness (QED) is 0.672. The van der Waals surface area contributed by atoms with Crippen molar-refractivity contribution in [1.29, 1.82) is 0 Å². The van der Waals surface area contributed by atoms with Crippen molar-refractivity contribution in [2.75, 3.05) is 11.9 Å². The third-order valence-corrected chi connectivity index (χ3v) is 3.89. The van der Waals surface area contributed by atoms with Crippen molar-refractivity contribution in [1.82, 2.24) is 4.98 Å². The van der Waals surface area contributed by atoms with Crippen LogP contribution in [0.1, 0.15) is 17.3 Å². The molecule has 0 aliphatic heterocycles. The van der Waals surface area contributed by atoms with Crippen molar-refractivity contribution in [3.05, 3.63) is 66.4 Å². The van der Waals surface area contributed by atoms with Gasteiger partial charge in [0.1, 0.15) is 13.6 Å². The number of pyridine rings is 1. The zero-order valence-corrected chi connectivity index (χ0v) is 14.7. The molecular weight excluding hydrogens is 327 g/mol. The summed E-state index contributed by atoms with van der Waals surface area (Å²) >= 11 is 0. The molecule has 0 saturated heterocycles. The monoisotopic (exact) mass is 346 g/mol. The standard InChI is InChI=1S/C20H19BN2O3/c1-2-26-16-5-3-4-13(10-16)18-9-7-15(12-22-18)23-19-8-6-14(21)11-17(19)20(24)25/h3-12,23H,2,21H2,1H3,(H,24,25). The second-order valence-electron chi connectivity index (χ2n) is 5.87. The average molecular weight is 346 g/mol. The molecule has 0 radical (unpaired) electrons. The van der Waals surface area contributed by atoms with E-state index in [0.717, 1.165) is 28.2 Å². The summed E-state index contributed by atoms with van der Waals surface area (Å²) in [5.74, 6) is -0.159. The summed E-state index contributed by atoms with van der Waals surface area (Å²) in [5.41, 5.74) is 4.18. The lowest BCUT2D eigenvalue weighted by Gasteiger charge is -2.11. The van der Waals surface area contributed by atoms with E-state index in [1.165, 1.54) is 0 Å². The normalized spacial score (nSPS) is 10.3. The molecule has 2 N–H and O–H groups in total. The van der Waals surface area contributed by atoms with Crippen molar-refractivity contribution >= 4 is 30.7 Å². The van der Waals surface area contributed by atoms with Crippen LogP contribution in [0.2, 0.25) is 0 Å². The molecule has 6 heteroatoms. The second kappa shape index (κ2) is 7.74. The number of hydrogen-bond donors (Lipinski definition) is 2. The Balaban J connectivity index is 1.83. The topological polar surface area (TPSA) is 71.5 Å². The van der Waals surface area contributed by atoms with Crippen LogP contribution in [0.5, 0.6) is 5.75 Å². The van der Waals surface area contributed by atoms with Gasteiger partial charge >= 0.3 is 5.97 Å². The van der Waals surface area contributed by atoms with Crippen LogP contribution in [-0.4, -0.2) is 30.5 Å². The van der Waals surface area contributed by atoms with Crippen molar-refractivity contribution in [3.63, 3.8) is 0 Å². The summed E-state index contributed by atoms with van der Waals surface area (Å²) in [5, 5.41) is 12.5. The first-order valence-electron chi connectivity index (χ1n) is 8.37. The maximum atomic E-state index is 11.4. The number of hydrogen-bond acceptors (Lipinski definition) is 4. The number of ether oxygens (including phenoxy) is 1. The van der Waals surface area contributed by atoms with Crippen LogP contribution in [0, 0.1) is 0 Å². The van der Waals surface area contributed by atoms with Crippen molar-refractivity contribution in [2.45, 2.75) is 6.92 Å². The summed E-state index contributed by atoms with van der Waals surface area (Å²) < 4.78 is 5.52. The molecule has 0 aliphatic rings. The number of benzene rings is 2. The van der Waals surface area contributed by atoms with Crippen molar-refractivity contribution in [2.24, 2.45) is 0 Å². The number of carbonyl (C=O) groups is 1. The van der Waals surface area contributed by atoms with Crippen LogP contribution in [0.3, 0.4) is 0 Å². The van der Waals surface area contributed by atoms with E-state index in [1.54, 1.807) is 18.3 Å². The number of nitrogens with zero attached hydrogens (tertiary/aromatic N) is 1. The van der Waals surface area contributed by atoms with Crippen LogP contribution in [0.4, 0.5) is 11.4 Å². The van der Waals surface area contributed by atoms with Gasteiger partial charge in [0.05, 0.1) is 35.4 Å². The van der Waals surface area contributed by atoms with Gasteiger partial charge in [0, 0.05) is 5.56 Å². The highest BCUT2D eigenvalue weighted by atomic mass is 16.5. The van der Waals surface area contributed by atoms with Gasteiger partial charge in [0.2, 0.25) is 0 Å². The number of nitrogens with one attached hydrogen (secondary N) is 1. The maximum Gasteiger partial charge on any atom is 0.337 e. The maximum absolute atomic E-state index is 11.4. The summed E-state index contributed by atoms with van der Waals surface area (Å²) in [6.45, 7) is 2.56. The van der Waals surface area contributed by atoms with Gasteiger partial charge in [-0.3, -0.25) is 4.98 Å². The molecule has 0 amide bonds. The van der Waals surface area contributed by atoms with Crippen molar-refractivity contribution in [3.8, 4) is 17.0 Å². The van der Waals surface area contributed by atoms with Gasteiger partial charge in [0.15, 0.2) is 0 Å². The minimum Gasteiger partial charge on any atom is -0.494 e. The first-order chi connectivity index (χ1) is 12.6. The molecule has 0 fully saturated rings. The highest BCUT2D eigenvalue weighted by Crippen LogP contribution is 2.25. The molecular formula is C20H19BN2O3. The fourth-order valence-corrected chi connectivity index (χ4v) is 2.65. The van der Waals surface area contributed by atoms with Crippen molar-refractivity contribution < 1.29 is 14.6 Å². The third-order valence-electron chi connectivity index (χ3n) is 3.89. The molecule has 0 atom stereocenters. The van der Waals surface area contributed by atoms with E-state index in [0.29, 0.717) is 12.3 Å². The molecule has 0 unspecified atom stereocenters. The largest absolute Gasteiger partial charge is 0.494 e. The highest BCUT2D eigenvalue weighted by Gasteiger charge is 2.10. The predicted molar refractivity (Wildman–Crippen MR) is 106 cm³/mol. The number of rotatable bonds is 6.